The fourth-order valence-electron chi connectivity index (χ4n) is 4.61. The minimum absolute atomic E-state index is 0.0121. The lowest BCUT2D eigenvalue weighted by Gasteiger charge is -2.40. The highest BCUT2D eigenvalue weighted by Gasteiger charge is 2.49. The van der Waals surface area contributed by atoms with E-state index in [1.165, 1.54) is 11.3 Å². The van der Waals surface area contributed by atoms with Gasteiger partial charge in [-0.2, -0.15) is 0 Å². The highest BCUT2D eigenvalue weighted by atomic mass is 16.2. The Balaban J connectivity index is 2.97. The Bertz CT molecular complexity index is 542. The number of hydrogen-bond acceptors (Lipinski definition) is 3. The molecule has 0 spiro atoms. The summed E-state index contributed by atoms with van der Waals surface area (Å²) >= 11 is 0. The maximum atomic E-state index is 13.3. The molecule has 2 unspecified atom stereocenters. The highest BCUT2D eigenvalue weighted by molar-refractivity contribution is 6.58. The molecule has 0 aromatic carbocycles. The molecule has 0 aliphatic carbocycles. The number of unbranched alkanes of at least 4 members (excludes halogenated alkanes) is 3. The summed E-state index contributed by atoms with van der Waals surface area (Å²) in [6, 6.07) is 0. The third kappa shape index (κ3) is 6.18. The topological polar surface area (TPSA) is 54.5 Å². The minimum Gasteiger partial charge on any atom is -0.311 e. The molecule has 1 saturated heterocycles. The van der Waals surface area contributed by atoms with Crippen LogP contribution in [0.4, 0.5) is 0 Å². The van der Waals surface area contributed by atoms with Crippen LogP contribution in [0, 0.1) is 17.3 Å². The highest BCUT2D eigenvalue weighted by Crippen LogP contribution is 2.40. The third-order valence-electron chi connectivity index (χ3n) is 6.29. The molecule has 1 rings (SSSR count). The van der Waals surface area contributed by atoms with Crippen molar-refractivity contribution < 1.29 is 14.4 Å². The number of imide groups is 1. The molecule has 1 fully saturated rings. The smallest absolute Gasteiger partial charge is 0.233 e. The number of rotatable bonds is 12. The van der Waals surface area contributed by atoms with Crippen molar-refractivity contribution in [2.45, 2.75) is 105 Å². The molecule has 27 heavy (non-hydrogen) atoms. The standard InChI is InChI=1S/C22H40BNO3/c1-7-9-11-13-16(12-10-8-2)17-14-18(25)24(19(17)26)22(5,6)15-21(3,4)20(23)27/h16-17H,7-15,23H2,1-6H3. The Labute approximate surface area is 167 Å². The van der Waals surface area contributed by atoms with E-state index in [2.05, 4.69) is 13.8 Å². The van der Waals surface area contributed by atoms with Crippen LogP contribution in [0.2, 0.25) is 0 Å². The van der Waals surface area contributed by atoms with Gasteiger partial charge in [-0.25, -0.2) is 0 Å². The molecule has 154 valence electrons. The summed E-state index contributed by atoms with van der Waals surface area (Å²) in [5.74, 6) is 0.0449. The van der Waals surface area contributed by atoms with E-state index in [1.807, 2.05) is 27.7 Å². The summed E-state index contributed by atoms with van der Waals surface area (Å²) in [6.45, 7) is 12.0. The van der Waals surface area contributed by atoms with Gasteiger partial charge in [-0.3, -0.25) is 14.5 Å². The first-order valence-electron chi connectivity index (χ1n) is 10.9. The fraction of sp³-hybridized carbons (Fsp3) is 0.864. The van der Waals surface area contributed by atoms with Crippen molar-refractivity contribution in [3.8, 4) is 0 Å². The summed E-state index contributed by atoms with van der Waals surface area (Å²) < 4.78 is 0. The molecule has 0 aromatic rings. The number of likely N-dealkylation sites (tertiary alicyclic amines) is 1. The van der Waals surface area contributed by atoms with E-state index in [9.17, 15) is 14.4 Å². The molecule has 0 aromatic heterocycles. The van der Waals surface area contributed by atoms with Crippen molar-refractivity contribution >= 4 is 25.3 Å². The molecule has 0 bridgehead atoms. The largest absolute Gasteiger partial charge is 0.311 e. The lowest BCUT2D eigenvalue weighted by molar-refractivity contribution is -0.148. The van der Waals surface area contributed by atoms with Gasteiger partial charge in [0.2, 0.25) is 11.8 Å². The first-order chi connectivity index (χ1) is 12.5. The molecular formula is C22H40BNO3. The predicted octanol–water partition coefficient (Wildman–Crippen LogP) is 4.10. The average Bonchev–Trinajstić information content (AvgIpc) is 2.85. The van der Waals surface area contributed by atoms with Gasteiger partial charge in [-0.15, -0.1) is 0 Å². The molecule has 0 radical (unpaired) electrons. The predicted molar refractivity (Wildman–Crippen MR) is 113 cm³/mol. The second-order valence-electron chi connectivity index (χ2n) is 9.71. The normalized spacial score (nSPS) is 19.6. The first kappa shape index (κ1) is 23.9. The molecule has 1 aliphatic rings. The van der Waals surface area contributed by atoms with Gasteiger partial charge in [0.25, 0.3) is 0 Å². The molecule has 2 amide bonds. The number of hydrogen-bond donors (Lipinski definition) is 0. The Morgan fingerprint density at radius 2 is 1.63 bits per heavy atom. The molecule has 0 N–H and O–H groups in total. The fourth-order valence-corrected chi connectivity index (χ4v) is 4.61. The lowest BCUT2D eigenvalue weighted by atomic mass is 9.70. The van der Waals surface area contributed by atoms with Crippen molar-refractivity contribution in [2.75, 3.05) is 0 Å². The maximum Gasteiger partial charge on any atom is 0.233 e. The Morgan fingerprint density at radius 3 is 2.15 bits per heavy atom. The number of amides is 2. The summed E-state index contributed by atoms with van der Waals surface area (Å²) in [4.78, 5) is 39.6. The van der Waals surface area contributed by atoms with Gasteiger partial charge in [-0.05, 0) is 39.0 Å². The molecule has 0 saturated carbocycles. The molecule has 1 heterocycles. The van der Waals surface area contributed by atoms with Crippen LogP contribution < -0.4 is 0 Å². The second-order valence-corrected chi connectivity index (χ2v) is 9.71. The maximum absolute atomic E-state index is 13.3. The molecule has 4 nitrogen and oxygen atoms in total. The van der Waals surface area contributed by atoms with Crippen molar-refractivity contribution in [1.82, 2.24) is 4.90 Å². The molecule has 2 atom stereocenters. The van der Waals surface area contributed by atoms with E-state index in [0.29, 0.717) is 18.8 Å². The SMILES string of the molecule is BC(=O)C(C)(C)CC(C)(C)N1C(=O)CC(C(CCCC)CCCCC)C1=O. The van der Waals surface area contributed by atoms with E-state index < -0.39 is 11.0 Å². The van der Waals surface area contributed by atoms with E-state index >= 15 is 0 Å². The zero-order valence-electron chi connectivity index (χ0n) is 18.7. The van der Waals surface area contributed by atoms with Crippen molar-refractivity contribution in [2.24, 2.45) is 17.3 Å². The number of carbonyl (C=O) groups is 3. The van der Waals surface area contributed by atoms with Crippen LogP contribution in [0.3, 0.4) is 0 Å². The summed E-state index contributed by atoms with van der Waals surface area (Å²) in [6.07, 6.45) is 8.58. The molecule has 5 heteroatoms. The van der Waals surface area contributed by atoms with Crippen molar-refractivity contribution in [3.05, 3.63) is 0 Å². The zero-order valence-corrected chi connectivity index (χ0v) is 18.7. The quantitative estimate of drug-likeness (QED) is 0.292. The van der Waals surface area contributed by atoms with Gasteiger partial charge < -0.3 is 4.79 Å². The van der Waals surface area contributed by atoms with Crippen molar-refractivity contribution in [1.29, 1.82) is 0 Å². The van der Waals surface area contributed by atoms with Crippen LogP contribution in [0.1, 0.15) is 99.3 Å². The average molecular weight is 377 g/mol. The Hall–Kier alpha value is -1.13. The summed E-state index contributed by atoms with van der Waals surface area (Å²) in [5, 5.41) is 0. The van der Waals surface area contributed by atoms with Crippen LogP contribution in [0.5, 0.6) is 0 Å². The lowest BCUT2D eigenvalue weighted by Crippen LogP contribution is -2.51. The number of carbonyl (C=O) groups excluding carboxylic acids is 3. The van der Waals surface area contributed by atoms with Crippen LogP contribution in [-0.4, -0.2) is 35.8 Å². The first-order valence-corrected chi connectivity index (χ1v) is 10.9. The van der Waals surface area contributed by atoms with Crippen LogP contribution in [0.25, 0.3) is 0 Å². The Kier molecular flexibility index (Phi) is 8.75. The van der Waals surface area contributed by atoms with E-state index in [-0.39, 0.29) is 23.4 Å². The van der Waals surface area contributed by atoms with Gasteiger partial charge >= 0.3 is 0 Å². The summed E-state index contributed by atoms with van der Waals surface area (Å²) in [5.41, 5.74) is -1.10. The number of nitrogens with zero attached hydrogens (tertiary/aromatic N) is 1. The van der Waals surface area contributed by atoms with Crippen LogP contribution in [-0.2, 0) is 14.4 Å². The van der Waals surface area contributed by atoms with E-state index in [0.717, 1.165) is 38.5 Å². The third-order valence-corrected chi connectivity index (χ3v) is 6.29. The van der Waals surface area contributed by atoms with Gasteiger partial charge in [0.05, 0.1) is 11.6 Å². The van der Waals surface area contributed by atoms with Gasteiger partial charge in [0.15, 0.2) is 7.85 Å². The summed E-state index contributed by atoms with van der Waals surface area (Å²) in [7, 11) is 1.58. The van der Waals surface area contributed by atoms with Gasteiger partial charge in [-0.1, -0.05) is 59.8 Å². The van der Waals surface area contributed by atoms with Gasteiger partial charge in [0, 0.05) is 17.4 Å². The monoisotopic (exact) mass is 377 g/mol. The van der Waals surface area contributed by atoms with Crippen LogP contribution >= 0.6 is 0 Å². The molecular weight excluding hydrogens is 337 g/mol. The molecule has 1 aliphatic heterocycles. The minimum atomic E-state index is -0.642. The van der Waals surface area contributed by atoms with Gasteiger partial charge in [0.1, 0.15) is 0 Å². The van der Waals surface area contributed by atoms with Crippen LogP contribution in [0.15, 0.2) is 0 Å². The second kappa shape index (κ2) is 9.88. The van der Waals surface area contributed by atoms with E-state index in [1.54, 1.807) is 7.85 Å². The van der Waals surface area contributed by atoms with Crippen molar-refractivity contribution in [3.63, 3.8) is 0 Å². The van der Waals surface area contributed by atoms with E-state index in [4.69, 9.17) is 0 Å². The zero-order chi connectivity index (χ0) is 20.8. The Morgan fingerprint density at radius 1 is 1.07 bits per heavy atom.